The lowest BCUT2D eigenvalue weighted by molar-refractivity contribution is -0.138. The number of hydrogen-bond donors (Lipinski definition) is 1. The summed E-state index contributed by atoms with van der Waals surface area (Å²) in [6.45, 7) is 1.44. The molecular weight excluding hydrogens is 333 g/mol. The van der Waals surface area contributed by atoms with Gasteiger partial charge in [0.2, 0.25) is 0 Å². The van der Waals surface area contributed by atoms with Gasteiger partial charge in [-0.2, -0.15) is 11.8 Å². The number of aliphatic carboxylic acids is 1. The Bertz CT molecular complexity index is 452. The molecule has 19 heavy (non-hydrogen) atoms. The lowest BCUT2D eigenvalue weighted by Crippen LogP contribution is -2.42. The van der Waals surface area contributed by atoms with Gasteiger partial charge in [0.15, 0.2) is 0 Å². The van der Waals surface area contributed by atoms with Gasteiger partial charge >= 0.3 is 5.97 Å². The quantitative estimate of drug-likeness (QED) is 0.908. The summed E-state index contributed by atoms with van der Waals surface area (Å²) in [5.41, 5.74) is 0.870. The van der Waals surface area contributed by atoms with Gasteiger partial charge in [0.25, 0.3) is 0 Å². The number of carbonyl (C=O) groups is 1. The van der Waals surface area contributed by atoms with Crippen molar-refractivity contribution in [2.75, 3.05) is 18.1 Å². The second-order valence-corrected chi connectivity index (χ2v) is 6.64. The molecule has 1 aliphatic rings. The van der Waals surface area contributed by atoms with Crippen LogP contribution in [0.25, 0.3) is 0 Å². The van der Waals surface area contributed by atoms with Gasteiger partial charge in [0, 0.05) is 35.1 Å². The fraction of sp³-hybridized carbons (Fsp3) is 0.462. The van der Waals surface area contributed by atoms with Crippen molar-refractivity contribution in [2.24, 2.45) is 0 Å². The summed E-state index contributed by atoms with van der Waals surface area (Å²) in [4.78, 5) is 13.0. The molecule has 1 N–H and O–H groups in total. The van der Waals surface area contributed by atoms with Gasteiger partial charge in [-0.15, -0.1) is 0 Å². The van der Waals surface area contributed by atoms with E-state index in [1.165, 1.54) is 12.1 Å². The van der Waals surface area contributed by atoms with Gasteiger partial charge in [0.05, 0.1) is 6.42 Å². The van der Waals surface area contributed by atoms with Crippen molar-refractivity contribution in [3.8, 4) is 0 Å². The summed E-state index contributed by atoms with van der Waals surface area (Å²) in [6.07, 6.45) is 0.142. The fourth-order valence-electron chi connectivity index (χ4n) is 2.22. The molecular formula is C13H15BrFNO2S. The van der Waals surface area contributed by atoms with E-state index in [4.69, 9.17) is 5.11 Å². The second-order valence-electron chi connectivity index (χ2n) is 4.57. The van der Waals surface area contributed by atoms with E-state index >= 15 is 0 Å². The van der Waals surface area contributed by atoms with Crippen LogP contribution in [0.5, 0.6) is 0 Å². The van der Waals surface area contributed by atoms with E-state index in [0.29, 0.717) is 11.0 Å². The fourth-order valence-corrected chi connectivity index (χ4v) is 3.87. The Morgan fingerprint density at radius 1 is 1.53 bits per heavy atom. The van der Waals surface area contributed by atoms with Crippen LogP contribution in [0.3, 0.4) is 0 Å². The van der Waals surface area contributed by atoms with Crippen LogP contribution >= 0.6 is 27.7 Å². The number of nitrogens with zero attached hydrogens (tertiary/aromatic N) is 1. The molecule has 1 fully saturated rings. The van der Waals surface area contributed by atoms with E-state index in [-0.39, 0.29) is 18.3 Å². The maximum atomic E-state index is 13.3. The molecule has 0 spiro atoms. The minimum Gasteiger partial charge on any atom is -0.481 e. The molecule has 1 atom stereocenters. The second kappa shape index (κ2) is 6.72. The largest absolute Gasteiger partial charge is 0.481 e. The maximum absolute atomic E-state index is 13.3. The van der Waals surface area contributed by atoms with Crippen molar-refractivity contribution < 1.29 is 14.3 Å². The van der Waals surface area contributed by atoms with Crippen molar-refractivity contribution >= 4 is 33.7 Å². The van der Waals surface area contributed by atoms with Crippen LogP contribution in [-0.4, -0.2) is 40.1 Å². The van der Waals surface area contributed by atoms with Crippen LogP contribution in [0, 0.1) is 5.82 Å². The summed E-state index contributed by atoms with van der Waals surface area (Å²) in [7, 11) is 0. The Hall–Kier alpha value is -0.590. The molecule has 0 aromatic heterocycles. The highest BCUT2D eigenvalue weighted by Gasteiger charge is 2.25. The first-order valence-electron chi connectivity index (χ1n) is 6.03. The Kier molecular flexibility index (Phi) is 5.24. The van der Waals surface area contributed by atoms with Crippen LogP contribution in [0.4, 0.5) is 4.39 Å². The molecule has 1 aromatic carbocycles. The zero-order chi connectivity index (χ0) is 13.8. The molecule has 1 aromatic rings. The van der Waals surface area contributed by atoms with E-state index in [1.807, 2.05) is 6.07 Å². The SMILES string of the molecule is O=C(O)CC1CSCCN1Cc1cc(F)cc(Br)c1. The predicted octanol–water partition coefficient (Wildman–Crippen LogP) is 2.98. The molecule has 0 aliphatic carbocycles. The molecule has 104 valence electrons. The minimum absolute atomic E-state index is 0.0262. The number of rotatable bonds is 4. The Balaban J connectivity index is 2.08. The number of carboxylic acids is 1. The highest BCUT2D eigenvalue weighted by molar-refractivity contribution is 9.10. The third-order valence-corrected chi connectivity index (χ3v) is 4.62. The molecule has 0 saturated carbocycles. The molecule has 1 aliphatic heterocycles. The van der Waals surface area contributed by atoms with Crippen molar-refractivity contribution in [3.63, 3.8) is 0 Å². The molecule has 1 unspecified atom stereocenters. The standard InChI is InChI=1S/C13H15BrFNO2S/c14-10-3-9(4-11(15)5-10)7-16-1-2-19-8-12(16)6-13(17)18/h3-5,12H,1-2,6-8H2,(H,17,18). The van der Waals surface area contributed by atoms with Crippen LogP contribution < -0.4 is 0 Å². The topological polar surface area (TPSA) is 40.5 Å². The van der Waals surface area contributed by atoms with Gasteiger partial charge in [-0.1, -0.05) is 15.9 Å². The molecule has 3 nitrogen and oxygen atoms in total. The number of thioether (sulfide) groups is 1. The first-order valence-corrected chi connectivity index (χ1v) is 7.98. The highest BCUT2D eigenvalue weighted by atomic mass is 79.9. The predicted molar refractivity (Wildman–Crippen MR) is 77.9 cm³/mol. The van der Waals surface area contributed by atoms with E-state index in [9.17, 15) is 9.18 Å². The van der Waals surface area contributed by atoms with Crippen LogP contribution in [0.1, 0.15) is 12.0 Å². The highest BCUT2D eigenvalue weighted by Crippen LogP contribution is 2.23. The maximum Gasteiger partial charge on any atom is 0.304 e. The average molecular weight is 348 g/mol. The van der Waals surface area contributed by atoms with Crippen LogP contribution in [0.15, 0.2) is 22.7 Å². The number of benzene rings is 1. The van der Waals surface area contributed by atoms with E-state index in [0.717, 1.165) is 23.6 Å². The van der Waals surface area contributed by atoms with Gasteiger partial charge in [0.1, 0.15) is 5.82 Å². The van der Waals surface area contributed by atoms with Crippen molar-refractivity contribution in [1.82, 2.24) is 4.90 Å². The molecule has 0 bridgehead atoms. The normalized spacial score (nSPS) is 20.4. The van der Waals surface area contributed by atoms with Gasteiger partial charge in [-0.3, -0.25) is 9.69 Å². The van der Waals surface area contributed by atoms with Crippen LogP contribution in [0.2, 0.25) is 0 Å². The Labute approximate surface area is 124 Å². The minimum atomic E-state index is -0.780. The molecule has 0 radical (unpaired) electrons. The van der Waals surface area contributed by atoms with E-state index in [1.54, 1.807) is 11.8 Å². The molecule has 0 amide bonds. The van der Waals surface area contributed by atoms with Gasteiger partial charge in [-0.25, -0.2) is 4.39 Å². The third-order valence-electron chi connectivity index (χ3n) is 3.07. The third kappa shape index (κ3) is 4.47. The summed E-state index contributed by atoms with van der Waals surface area (Å²) in [5.74, 6) is 0.763. The summed E-state index contributed by atoms with van der Waals surface area (Å²) >= 11 is 5.05. The van der Waals surface area contributed by atoms with E-state index < -0.39 is 5.97 Å². The molecule has 1 heterocycles. The lowest BCUT2D eigenvalue weighted by atomic mass is 10.1. The number of halogens is 2. The Morgan fingerprint density at radius 2 is 2.32 bits per heavy atom. The number of hydrogen-bond acceptors (Lipinski definition) is 3. The van der Waals surface area contributed by atoms with Gasteiger partial charge in [-0.05, 0) is 23.8 Å². The zero-order valence-corrected chi connectivity index (χ0v) is 12.7. The summed E-state index contributed by atoms with van der Waals surface area (Å²) < 4.78 is 14.1. The summed E-state index contributed by atoms with van der Waals surface area (Å²) in [6, 6.07) is 4.83. The average Bonchev–Trinajstić information content (AvgIpc) is 2.29. The van der Waals surface area contributed by atoms with E-state index in [2.05, 4.69) is 20.8 Å². The summed E-state index contributed by atoms with van der Waals surface area (Å²) in [5, 5.41) is 8.93. The molecule has 6 heteroatoms. The molecule has 1 saturated heterocycles. The van der Waals surface area contributed by atoms with Crippen molar-refractivity contribution in [3.05, 3.63) is 34.1 Å². The smallest absolute Gasteiger partial charge is 0.304 e. The van der Waals surface area contributed by atoms with Crippen LogP contribution in [-0.2, 0) is 11.3 Å². The van der Waals surface area contributed by atoms with Gasteiger partial charge < -0.3 is 5.11 Å². The lowest BCUT2D eigenvalue weighted by Gasteiger charge is -2.34. The first-order chi connectivity index (χ1) is 9.04. The van der Waals surface area contributed by atoms with Crippen molar-refractivity contribution in [2.45, 2.75) is 19.0 Å². The molecule has 2 rings (SSSR count). The first kappa shape index (κ1) is 14.8. The van der Waals surface area contributed by atoms with Crippen molar-refractivity contribution in [1.29, 1.82) is 0 Å². The number of carboxylic acid groups (broad SMARTS) is 1. The zero-order valence-electron chi connectivity index (χ0n) is 10.3. The Morgan fingerprint density at radius 3 is 3.00 bits per heavy atom. The monoisotopic (exact) mass is 347 g/mol.